The molecule has 1 unspecified atom stereocenters. The lowest BCUT2D eigenvalue weighted by Crippen LogP contribution is -2.16. The molecular weight excluding hydrogens is 414 g/mol. The number of carbonyl (C=O) groups is 1. The molecule has 1 aliphatic heterocycles. The lowest BCUT2D eigenvalue weighted by atomic mass is 9.96. The summed E-state index contributed by atoms with van der Waals surface area (Å²) < 4.78 is 5.76. The van der Waals surface area contributed by atoms with Crippen LogP contribution in [0.25, 0.3) is 0 Å². The van der Waals surface area contributed by atoms with E-state index in [0.717, 1.165) is 37.9 Å². The van der Waals surface area contributed by atoms with Crippen molar-refractivity contribution in [2.45, 2.75) is 64.9 Å². The third kappa shape index (κ3) is 9.66. The van der Waals surface area contributed by atoms with Crippen LogP contribution in [-0.4, -0.2) is 39.0 Å². The van der Waals surface area contributed by atoms with Crippen molar-refractivity contribution in [1.29, 1.82) is 0 Å². The summed E-state index contributed by atoms with van der Waals surface area (Å²) in [6.07, 6.45) is 4.02. The van der Waals surface area contributed by atoms with Gasteiger partial charge in [0.1, 0.15) is 12.4 Å². The monoisotopic (exact) mass is 447 g/mol. The molecule has 31 heavy (non-hydrogen) atoms. The third-order valence-electron chi connectivity index (χ3n) is 4.68. The highest BCUT2D eigenvalue weighted by Crippen LogP contribution is 2.24. The number of aromatic carboxylic acids is 1. The molecule has 170 valence electrons. The Labute approximate surface area is 190 Å². The minimum Gasteiger partial charge on any atom is -0.484 e. The predicted molar refractivity (Wildman–Crippen MR) is 124 cm³/mol. The number of carboxylic acid groups (broad SMARTS) is 1. The molecule has 1 aromatic heterocycles. The van der Waals surface area contributed by atoms with Crippen LogP contribution >= 0.6 is 11.6 Å². The molecule has 6 nitrogen and oxygen atoms in total. The Morgan fingerprint density at radius 3 is 2.52 bits per heavy atom. The van der Waals surface area contributed by atoms with Crippen LogP contribution < -0.4 is 10.1 Å². The van der Waals surface area contributed by atoms with Crippen LogP contribution in [0.3, 0.4) is 0 Å². The number of hydrogen-bond donors (Lipinski definition) is 2. The highest BCUT2D eigenvalue weighted by molar-refractivity contribution is 6.23. The first-order valence-corrected chi connectivity index (χ1v) is 11.2. The molecule has 1 fully saturated rings. The molecule has 0 amide bonds. The van der Waals surface area contributed by atoms with Crippen molar-refractivity contribution in [3.8, 4) is 5.75 Å². The Bertz CT molecular complexity index is 824. The maximum atomic E-state index is 11.7. The molecule has 0 bridgehead atoms. The molecule has 2 N–H and O–H groups in total. The van der Waals surface area contributed by atoms with Crippen LogP contribution in [0.15, 0.2) is 30.3 Å². The highest BCUT2D eigenvalue weighted by Gasteiger charge is 2.21. The summed E-state index contributed by atoms with van der Waals surface area (Å²) in [6.45, 7) is 9.97. The van der Waals surface area contributed by atoms with Gasteiger partial charge in [0, 0.05) is 11.3 Å². The predicted octanol–water partition coefficient (Wildman–Crippen LogP) is 5.02. The van der Waals surface area contributed by atoms with E-state index in [0.29, 0.717) is 30.5 Å². The Balaban J connectivity index is 0.000000614. The van der Waals surface area contributed by atoms with E-state index in [9.17, 15) is 9.90 Å². The number of rotatable bonds is 6. The van der Waals surface area contributed by atoms with Crippen molar-refractivity contribution in [1.82, 2.24) is 15.3 Å². The van der Waals surface area contributed by atoms with Crippen molar-refractivity contribution >= 4 is 17.6 Å². The van der Waals surface area contributed by atoms with Gasteiger partial charge in [0.15, 0.2) is 11.4 Å². The first kappa shape index (κ1) is 25.1. The van der Waals surface area contributed by atoms with Gasteiger partial charge in [0.05, 0.1) is 5.69 Å². The number of hydrogen-bond acceptors (Lipinski definition) is 5. The number of nitrogens with zero attached hydrogens (tertiary/aromatic N) is 2. The standard InChI is InChI=1S/C20H25N3O3.C4H9Cl/c1-14-19(26-13-16-6-3-2-4-7-16)18(20(24)25)23-17(22-14)12-15-8-5-10-21-11-9-15;1-4(2,3)5/h2-4,6-7,15,21H,5,8-13H2,1H3,(H,24,25);1-3H3. The molecule has 0 spiro atoms. The molecule has 1 saturated heterocycles. The summed E-state index contributed by atoms with van der Waals surface area (Å²) in [5.74, 6) is 0.260. The molecule has 3 rings (SSSR count). The average molecular weight is 448 g/mol. The fourth-order valence-corrected chi connectivity index (χ4v) is 3.31. The van der Waals surface area contributed by atoms with Crippen molar-refractivity contribution in [3.05, 3.63) is 53.1 Å². The number of ether oxygens (including phenoxy) is 1. The zero-order chi connectivity index (χ0) is 22.9. The van der Waals surface area contributed by atoms with Gasteiger partial charge in [0.25, 0.3) is 0 Å². The van der Waals surface area contributed by atoms with Gasteiger partial charge in [-0.05, 0) is 71.5 Å². The van der Waals surface area contributed by atoms with Gasteiger partial charge < -0.3 is 15.2 Å². The largest absolute Gasteiger partial charge is 0.484 e. The van der Waals surface area contributed by atoms with Crippen LogP contribution in [-0.2, 0) is 13.0 Å². The highest BCUT2D eigenvalue weighted by atomic mass is 35.5. The Kier molecular flexibility index (Phi) is 9.72. The van der Waals surface area contributed by atoms with Crippen LogP contribution in [0.4, 0.5) is 0 Å². The summed E-state index contributed by atoms with van der Waals surface area (Å²) >= 11 is 5.53. The first-order chi connectivity index (χ1) is 14.6. The van der Waals surface area contributed by atoms with E-state index in [4.69, 9.17) is 16.3 Å². The van der Waals surface area contributed by atoms with E-state index in [1.165, 1.54) is 0 Å². The maximum absolute atomic E-state index is 11.7. The van der Waals surface area contributed by atoms with Gasteiger partial charge in [-0.15, -0.1) is 11.6 Å². The van der Waals surface area contributed by atoms with Crippen molar-refractivity contribution < 1.29 is 14.6 Å². The number of aromatic nitrogens is 2. The van der Waals surface area contributed by atoms with Gasteiger partial charge >= 0.3 is 5.97 Å². The SMILES string of the molecule is CC(C)(C)Cl.Cc1nc(CC2CCCNCC2)nc(C(=O)O)c1OCc1ccccc1. The van der Waals surface area contributed by atoms with E-state index >= 15 is 0 Å². The van der Waals surface area contributed by atoms with Gasteiger partial charge in [-0.2, -0.15) is 0 Å². The molecule has 0 aliphatic carbocycles. The second kappa shape index (κ2) is 12.0. The summed E-state index contributed by atoms with van der Waals surface area (Å²) in [5, 5.41) is 13.0. The number of halogens is 1. The van der Waals surface area contributed by atoms with Gasteiger partial charge in [-0.3, -0.25) is 0 Å². The molecule has 7 heteroatoms. The number of benzene rings is 1. The van der Waals surface area contributed by atoms with E-state index in [1.807, 2.05) is 51.1 Å². The van der Waals surface area contributed by atoms with Crippen molar-refractivity contribution in [2.75, 3.05) is 13.1 Å². The second-order valence-electron chi connectivity index (χ2n) is 8.80. The van der Waals surface area contributed by atoms with Gasteiger partial charge in [-0.25, -0.2) is 14.8 Å². The van der Waals surface area contributed by atoms with Crippen LogP contribution in [0.1, 0.15) is 67.6 Å². The van der Waals surface area contributed by atoms with E-state index in [2.05, 4.69) is 15.3 Å². The van der Waals surface area contributed by atoms with E-state index in [-0.39, 0.29) is 16.3 Å². The first-order valence-electron chi connectivity index (χ1n) is 10.8. The number of nitrogens with one attached hydrogen (secondary N) is 1. The molecule has 1 atom stereocenters. The maximum Gasteiger partial charge on any atom is 0.358 e. The molecule has 1 aromatic carbocycles. The molecule has 1 aliphatic rings. The molecule has 2 heterocycles. The van der Waals surface area contributed by atoms with E-state index < -0.39 is 5.97 Å². The lowest BCUT2D eigenvalue weighted by molar-refractivity contribution is 0.0683. The summed E-state index contributed by atoms with van der Waals surface area (Å²) in [4.78, 5) is 20.5. The quantitative estimate of drug-likeness (QED) is 0.605. The smallest absolute Gasteiger partial charge is 0.358 e. The molecule has 0 radical (unpaired) electrons. The van der Waals surface area contributed by atoms with E-state index in [1.54, 1.807) is 6.92 Å². The van der Waals surface area contributed by atoms with Crippen LogP contribution in [0.5, 0.6) is 5.75 Å². The van der Waals surface area contributed by atoms with Gasteiger partial charge in [-0.1, -0.05) is 30.3 Å². The summed E-state index contributed by atoms with van der Waals surface area (Å²) in [7, 11) is 0. The topological polar surface area (TPSA) is 84.3 Å². The van der Waals surface area contributed by atoms with Crippen LogP contribution in [0.2, 0.25) is 0 Å². The van der Waals surface area contributed by atoms with Crippen LogP contribution in [0, 0.1) is 12.8 Å². The number of aryl methyl sites for hydroxylation is 1. The van der Waals surface area contributed by atoms with Crippen molar-refractivity contribution in [3.63, 3.8) is 0 Å². The zero-order valence-corrected chi connectivity index (χ0v) is 19.7. The zero-order valence-electron chi connectivity index (χ0n) is 18.9. The number of alkyl halides is 1. The molecular formula is C24H34ClN3O3. The number of carboxylic acids is 1. The summed E-state index contributed by atoms with van der Waals surface area (Å²) in [5.41, 5.74) is 1.50. The molecule has 0 saturated carbocycles. The fourth-order valence-electron chi connectivity index (χ4n) is 3.31. The Hall–Kier alpha value is -2.18. The fraction of sp³-hybridized carbons (Fsp3) is 0.542. The Morgan fingerprint density at radius 2 is 1.87 bits per heavy atom. The lowest BCUT2D eigenvalue weighted by Gasteiger charge is -2.15. The Morgan fingerprint density at radius 1 is 1.19 bits per heavy atom. The van der Waals surface area contributed by atoms with Crippen molar-refractivity contribution in [2.24, 2.45) is 5.92 Å². The average Bonchev–Trinajstić information content (AvgIpc) is 2.95. The molecule has 2 aromatic rings. The third-order valence-corrected chi connectivity index (χ3v) is 4.68. The minimum absolute atomic E-state index is 0.0278. The van der Waals surface area contributed by atoms with Gasteiger partial charge in [0.2, 0.25) is 0 Å². The minimum atomic E-state index is -1.08. The summed E-state index contributed by atoms with van der Waals surface area (Å²) in [6, 6.07) is 9.64. The second-order valence-corrected chi connectivity index (χ2v) is 9.93. The normalized spacial score (nSPS) is 16.6.